The maximum absolute atomic E-state index is 12.7. The number of ether oxygens (including phenoxy) is 1. The van der Waals surface area contributed by atoms with Crippen LogP contribution >= 0.6 is 11.3 Å². The van der Waals surface area contributed by atoms with Gasteiger partial charge in [-0.15, -0.1) is 11.3 Å². The maximum atomic E-state index is 12.7. The highest BCUT2D eigenvalue weighted by Crippen LogP contribution is 2.40. The van der Waals surface area contributed by atoms with E-state index in [0.29, 0.717) is 28.7 Å². The highest BCUT2D eigenvalue weighted by Gasteiger charge is 2.29. The molecule has 0 bridgehead atoms. The lowest BCUT2D eigenvalue weighted by molar-refractivity contribution is 0.0505. The van der Waals surface area contributed by atoms with Gasteiger partial charge in [-0.1, -0.05) is 31.5 Å². The van der Waals surface area contributed by atoms with E-state index in [-0.39, 0.29) is 11.9 Å². The number of esters is 1. The van der Waals surface area contributed by atoms with Crippen molar-refractivity contribution in [1.29, 1.82) is 0 Å². The van der Waals surface area contributed by atoms with E-state index in [1.807, 2.05) is 32.0 Å². The van der Waals surface area contributed by atoms with Crippen LogP contribution in [0.5, 0.6) is 0 Å². The lowest BCUT2D eigenvalue weighted by atomic mass is 9.88. The number of fused-ring (bicyclic) bond motifs is 1. The fourth-order valence-corrected chi connectivity index (χ4v) is 4.68. The second kappa shape index (κ2) is 8.04. The molecule has 26 heavy (non-hydrogen) atoms. The van der Waals surface area contributed by atoms with Crippen molar-refractivity contribution in [3.63, 3.8) is 0 Å². The molecule has 2 aromatic rings. The van der Waals surface area contributed by atoms with Gasteiger partial charge in [-0.2, -0.15) is 0 Å². The summed E-state index contributed by atoms with van der Waals surface area (Å²) in [5.41, 5.74) is 3.25. The number of anilines is 1. The number of nitrogens with one attached hydrogen (secondary N) is 1. The Balaban J connectivity index is 1.92. The average Bonchev–Trinajstić information content (AvgIpc) is 2.96. The fourth-order valence-electron chi connectivity index (χ4n) is 3.28. The van der Waals surface area contributed by atoms with Crippen LogP contribution in [0.2, 0.25) is 0 Å². The summed E-state index contributed by atoms with van der Waals surface area (Å²) in [6.45, 7) is 6.54. The van der Waals surface area contributed by atoms with E-state index in [1.54, 1.807) is 6.07 Å². The van der Waals surface area contributed by atoms with Crippen molar-refractivity contribution in [2.45, 2.75) is 46.5 Å². The van der Waals surface area contributed by atoms with Crippen molar-refractivity contribution >= 4 is 28.2 Å². The maximum Gasteiger partial charge on any atom is 0.341 e. The molecule has 0 spiro atoms. The van der Waals surface area contributed by atoms with Gasteiger partial charge < -0.3 is 10.1 Å². The van der Waals surface area contributed by atoms with Crippen LogP contribution in [0.25, 0.3) is 0 Å². The number of amides is 1. The van der Waals surface area contributed by atoms with Gasteiger partial charge in [0.05, 0.1) is 12.2 Å². The van der Waals surface area contributed by atoms with Crippen molar-refractivity contribution in [1.82, 2.24) is 0 Å². The molecule has 1 aliphatic rings. The lowest BCUT2D eigenvalue weighted by Crippen LogP contribution is -2.17. The van der Waals surface area contributed by atoms with Crippen LogP contribution in [0.15, 0.2) is 24.3 Å². The number of rotatable bonds is 5. The highest BCUT2D eigenvalue weighted by atomic mass is 32.1. The zero-order valence-corrected chi connectivity index (χ0v) is 16.4. The van der Waals surface area contributed by atoms with Gasteiger partial charge in [-0.25, -0.2) is 4.79 Å². The van der Waals surface area contributed by atoms with Crippen LogP contribution in [-0.4, -0.2) is 18.5 Å². The predicted octanol–water partition coefficient (Wildman–Crippen LogP) is 5.00. The second-order valence-corrected chi connectivity index (χ2v) is 8.12. The first-order valence-electron chi connectivity index (χ1n) is 9.19. The third-order valence-electron chi connectivity index (χ3n) is 4.66. The highest BCUT2D eigenvalue weighted by molar-refractivity contribution is 7.17. The summed E-state index contributed by atoms with van der Waals surface area (Å²) in [5, 5.41) is 3.58. The summed E-state index contributed by atoms with van der Waals surface area (Å²) in [4.78, 5) is 26.5. The standard InChI is InChI=1S/C21H25NO3S/c1-4-10-25-21(24)18-16-9-8-14(3)12-17(16)26-20(18)22-19(23)15-7-5-6-13(2)11-15/h5-7,11,14H,4,8-10,12H2,1-3H3,(H,22,23)/t14-/m0/s1. The van der Waals surface area contributed by atoms with E-state index in [2.05, 4.69) is 12.2 Å². The van der Waals surface area contributed by atoms with Crippen LogP contribution in [0.4, 0.5) is 5.00 Å². The Hall–Kier alpha value is -2.14. The number of benzene rings is 1. The van der Waals surface area contributed by atoms with Crippen LogP contribution in [-0.2, 0) is 17.6 Å². The minimum Gasteiger partial charge on any atom is -0.462 e. The monoisotopic (exact) mass is 371 g/mol. The molecular weight excluding hydrogens is 346 g/mol. The lowest BCUT2D eigenvalue weighted by Gasteiger charge is -2.18. The van der Waals surface area contributed by atoms with Crippen molar-refractivity contribution in [3.05, 3.63) is 51.4 Å². The van der Waals surface area contributed by atoms with E-state index < -0.39 is 0 Å². The molecule has 1 heterocycles. The molecule has 1 aromatic heterocycles. The molecule has 4 nitrogen and oxygen atoms in total. The first kappa shape index (κ1) is 18.6. The molecule has 0 saturated heterocycles. The summed E-state index contributed by atoms with van der Waals surface area (Å²) in [5.74, 6) is 0.0873. The second-order valence-electron chi connectivity index (χ2n) is 7.02. The molecule has 1 aliphatic carbocycles. The third kappa shape index (κ3) is 3.98. The Kier molecular flexibility index (Phi) is 5.77. The van der Waals surface area contributed by atoms with Gasteiger partial charge in [0.25, 0.3) is 5.91 Å². The van der Waals surface area contributed by atoms with Gasteiger partial charge in [0.1, 0.15) is 5.00 Å². The molecule has 0 saturated carbocycles. The topological polar surface area (TPSA) is 55.4 Å². The Morgan fingerprint density at radius 3 is 2.88 bits per heavy atom. The van der Waals surface area contributed by atoms with Gasteiger partial charge in [0, 0.05) is 10.4 Å². The minimum absolute atomic E-state index is 0.190. The fraction of sp³-hybridized carbons (Fsp3) is 0.429. The molecule has 1 N–H and O–H groups in total. The number of carbonyl (C=O) groups excluding carboxylic acids is 2. The van der Waals surface area contributed by atoms with E-state index >= 15 is 0 Å². The molecule has 0 radical (unpaired) electrons. The molecule has 1 atom stereocenters. The molecule has 0 fully saturated rings. The zero-order chi connectivity index (χ0) is 18.7. The summed E-state index contributed by atoms with van der Waals surface area (Å²) < 4.78 is 5.39. The summed E-state index contributed by atoms with van der Waals surface area (Å²) in [6.07, 6.45) is 3.65. The number of thiophene rings is 1. The molecule has 1 amide bonds. The SMILES string of the molecule is CCCOC(=O)c1c(NC(=O)c2cccc(C)c2)sc2c1CC[C@H](C)C2. The molecule has 0 aliphatic heterocycles. The smallest absolute Gasteiger partial charge is 0.341 e. The van der Waals surface area contributed by atoms with Crippen molar-refractivity contribution in [2.75, 3.05) is 11.9 Å². The van der Waals surface area contributed by atoms with Gasteiger partial charge in [-0.3, -0.25) is 4.79 Å². The van der Waals surface area contributed by atoms with Crippen molar-refractivity contribution < 1.29 is 14.3 Å². The van der Waals surface area contributed by atoms with Crippen LogP contribution < -0.4 is 5.32 Å². The van der Waals surface area contributed by atoms with E-state index in [0.717, 1.165) is 36.8 Å². The number of carbonyl (C=O) groups is 2. The number of aryl methyl sites for hydroxylation is 1. The molecule has 3 rings (SSSR count). The molecule has 0 unspecified atom stereocenters. The third-order valence-corrected chi connectivity index (χ3v) is 5.83. The zero-order valence-electron chi connectivity index (χ0n) is 15.6. The summed E-state index contributed by atoms with van der Waals surface area (Å²) in [7, 11) is 0. The average molecular weight is 372 g/mol. The Morgan fingerprint density at radius 2 is 2.15 bits per heavy atom. The first-order chi connectivity index (χ1) is 12.5. The van der Waals surface area contributed by atoms with E-state index in [1.165, 1.54) is 16.2 Å². The Morgan fingerprint density at radius 1 is 1.35 bits per heavy atom. The van der Waals surface area contributed by atoms with Gasteiger partial charge >= 0.3 is 5.97 Å². The van der Waals surface area contributed by atoms with E-state index in [4.69, 9.17) is 4.74 Å². The van der Waals surface area contributed by atoms with E-state index in [9.17, 15) is 9.59 Å². The van der Waals surface area contributed by atoms with Gasteiger partial charge in [0.2, 0.25) is 0 Å². The predicted molar refractivity (Wildman–Crippen MR) is 105 cm³/mol. The summed E-state index contributed by atoms with van der Waals surface area (Å²) >= 11 is 1.52. The number of hydrogen-bond acceptors (Lipinski definition) is 4. The molecule has 5 heteroatoms. The molecule has 1 aromatic carbocycles. The largest absolute Gasteiger partial charge is 0.462 e. The van der Waals surface area contributed by atoms with Crippen LogP contribution in [0.3, 0.4) is 0 Å². The van der Waals surface area contributed by atoms with Gasteiger partial charge in [-0.05, 0) is 56.2 Å². The first-order valence-corrected chi connectivity index (χ1v) is 10.0. The quantitative estimate of drug-likeness (QED) is 0.753. The molecule has 138 valence electrons. The normalized spacial score (nSPS) is 16.0. The summed E-state index contributed by atoms with van der Waals surface area (Å²) in [6, 6.07) is 7.45. The van der Waals surface area contributed by atoms with Crippen LogP contribution in [0, 0.1) is 12.8 Å². The van der Waals surface area contributed by atoms with Gasteiger partial charge in [0.15, 0.2) is 0 Å². The van der Waals surface area contributed by atoms with Crippen molar-refractivity contribution in [2.24, 2.45) is 5.92 Å². The van der Waals surface area contributed by atoms with Crippen molar-refractivity contribution in [3.8, 4) is 0 Å². The number of hydrogen-bond donors (Lipinski definition) is 1. The minimum atomic E-state index is -0.321. The Bertz CT molecular complexity index is 825. The Labute approximate surface area is 158 Å². The van der Waals surface area contributed by atoms with Crippen LogP contribution in [0.1, 0.15) is 63.4 Å². The molecular formula is C21H25NO3S.